The fraction of sp³-hybridized carbons (Fsp3) is 0.750. The first-order chi connectivity index (χ1) is 9.31. The van der Waals surface area contributed by atoms with E-state index in [-0.39, 0.29) is 23.7 Å². The lowest BCUT2D eigenvalue weighted by molar-refractivity contribution is -0.185. The Morgan fingerprint density at radius 2 is 2.20 bits per heavy atom. The van der Waals surface area contributed by atoms with Crippen LogP contribution in [0.25, 0.3) is 0 Å². The Morgan fingerprint density at radius 3 is 2.80 bits per heavy atom. The number of ether oxygens (including phenoxy) is 2. The summed E-state index contributed by atoms with van der Waals surface area (Å²) < 4.78 is 9.60. The number of thioether (sulfide) groups is 1. The van der Waals surface area contributed by atoms with E-state index in [0.29, 0.717) is 6.42 Å². The van der Waals surface area contributed by atoms with Crippen LogP contribution in [-0.2, 0) is 23.9 Å². The summed E-state index contributed by atoms with van der Waals surface area (Å²) in [6, 6.07) is -1.24. The lowest BCUT2D eigenvalue weighted by atomic mass is 9.96. The first kappa shape index (κ1) is 13.7. The SMILES string of the molecule is CC1(C)S[C@@H]2[C@H](N)C(=O)N2[C@H]1C(=O)OC1CCC(=O)O1. The Balaban J connectivity index is 1.73. The fourth-order valence-corrected chi connectivity index (χ4v) is 4.36. The Labute approximate surface area is 120 Å². The van der Waals surface area contributed by atoms with Crippen LogP contribution in [0.5, 0.6) is 0 Å². The second kappa shape index (κ2) is 4.36. The van der Waals surface area contributed by atoms with Crippen molar-refractivity contribution in [3.63, 3.8) is 0 Å². The molecule has 0 aromatic carbocycles. The summed E-state index contributed by atoms with van der Waals surface area (Å²) >= 11 is 1.50. The number of nitrogens with zero attached hydrogens (tertiary/aromatic N) is 1. The Morgan fingerprint density at radius 1 is 1.50 bits per heavy atom. The summed E-state index contributed by atoms with van der Waals surface area (Å²) in [5.41, 5.74) is 5.74. The van der Waals surface area contributed by atoms with Gasteiger partial charge in [-0.15, -0.1) is 11.8 Å². The van der Waals surface area contributed by atoms with Gasteiger partial charge in [0.1, 0.15) is 17.5 Å². The number of cyclic esters (lactones) is 1. The summed E-state index contributed by atoms with van der Waals surface area (Å²) in [5, 5.41) is -0.179. The van der Waals surface area contributed by atoms with Crippen LogP contribution < -0.4 is 5.73 Å². The van der Waals surface area contributed by atoms with Gasteiger partial charge in [-0.2, -0.15) is 0 Å². The zero-order valence-corrected chi connectivity index (χ0v) is 12.0. The average Bonchev–Trinajstić information content (AvgIpc) is 2.88. The number of nitrogens with two attached hydrogens (primary N) is 1. The van der Waals surface area contributed by atoms with Crippen molar-refractivity contribution in [1.29, 1.82) is 0 Å². The second-order valence-corrected chi connectivity index (χ2v) is 7.45. The maximum Gasteiger partial charge on any atom is 0.333 e. The second-order valence-electron chi connectivity index (χ2n) is 5.68. The number of amides is 1. The topological polar surface area (TPSA) is 98.9 Å². The molecule has 4 atom stereocenters. The standard InChI is InChI=1S/C12H16N2O5S/c1-12(2)8(14-9(16)7(13)10(14)20-12)11(17)19-6-4-3-5(15)18-6/h6-8,10H,3-4,13H2,1-2H3/t6?,7-,8+,10-/m1/s1. The smallest absolute Gasteiger partial charge is 0.333 e. The van der Waals surface area contributed by atoms with Gasteiger partial charge in [0.05, 0.1) is 6.42 Å². The third kappa shape index (κ3) is 1.89. The van der Waals surface area contributed by atoms with E-state index in [0.717, 1.165) is 0 Å². The van der Waals surface area contributed by atoms with Crippen molar-refractivity contribution >= 4 is 29.6 Å². The van der Waals surface area contributed by atoms with E-state index in [2.05, 4.69) is 0 Å². The zero-order chi connectivity index (χ0) is 14.7. The lowest BCUT2D eigenvalue weighted by Gasteiger charge is -2.42. The minimum atomic E-state index is -0.833. The molecular formula is C12H16N2O5S. The molecule has 0 saturated carbocycles. The van der Waals surface area contributed by atoms with Crippen molar-refractivity contribution < 1.29 is 23.9 Å². The van der Waals surface area contributed by atoms with Crippen LogP contribution >= 0.6 is 11.8 Å². The van der Waals surface area contributed by atoms with Gasteiger partial charge >= 0.3 is 11.9 Å². The summed E-state index contributed by atoms with van der Waals surface area (Å²) in [6.07, 6.45) is -0.224. The molecule has 3 heterocycles. The Bertz CT molecular complexity index is 494. The molecule has 3 rings (SSSR count). The Hall–Kier alpha value is -1.28. The van der Waals surface area contributed by atoms with Crippen molar-refractivity contribution in [2.45, 2.75) is 55.2 Å². The minimum absolute atomic E-state index is 0.179. The lowest BCUT2D eigenvalue weighted by Crippen LogP contribution is -2.69. The van der Waals surface area contributed by atoms with Crippen molar-refractivity contribution in [3.05, 3.63) is 0 Å². The molecule has 2 N–H and O–H groups in total. The minimum Gasteiger partial charge on any atom is -0.425 e. The van der Waals surface area contributed by atoms with Gasteiger partial charge in [0.25, 0.3) is 0 Å². The zero-order valence-electron chi connectivity index (χ0n) is 11.2. The molecule has 0 aromatic heterocycles. The van der Waals surface area contributed by atoms with Crippen LogP contribution in [0.15, 0.2) is 0 Å². The van der Waals surface area contributed by atoms with Gasteiger partial charge in [-0.05, 0) is 13.8 Å². The van der Waals surface area contributed by atoms with E-state index in [1.165, 1.54) is 16.7 Å². The van der Waals surface area contributed by atoms with Crippen LogP contribution in [0, 0.1) is 0 Å². The van der Waals surface area contributed by atoms with Gasteiger partial charge in [-0.25, -0.2) is 4.79 Å². The van der Waals surface area contributed by atoms with Crippen LogP contribution in [0.2, 0.25) is 0 Å². The molecule has 110 valence electrons. The molecule has 0 radical (unpaired) electrons. The van der Waals surface area contributed by atoms with E-state index in [4.69, 9.17) is 15.2 Å². The van der Waals surface area contributed by atoms with Crippen LogP contribution in [0.1, 0.15) is 26.7 Å². The first-order valence-electron chi connectivity index (χ1n) is 6.47. The van der Waals surface area contributed by atoms with E-state index in [1.807, 2.05) is 13.8 Å². The van der Waals surface area contributed by atoms with Crippen molar-refractivity contribution in [2.24, 2.45) is 5.73 Å². The molecule has 1 unspecified atom stereocenters. The van der Waals surface area contributed by atoms with E-state index >= 15 is 0 Å². The first-order valence-corrected chi connectivity index (χ1v) is 7.35. The van der Waals surface area contributed by atoms with Crippen molar-refractivity contribution in [2.75, 3.05) is 0 Å². The number of fused-ring (bicyclic) bond motifs is 1. The summed E-state index contributed by atoms with van der Waals surface area (Å²) in [6.45, 7) is 3.76. The summed E-state index contributed by atoms with van der Waals surface area (Å²) in [4.78, 5) is 36.6. The summed E-state index contributed by atoms with van der Waals surface area (Å²) in [7, 11) is 0. The molecule has 3 aliphatic heterocycles. The van der Waals surface area contributed by atoms with E-state index in [9.17, 15) is 14.4 Å². The maximum atomic E-state index is 12.3. The highest BCUT2D eigenvalue weighted by Gasteiger charge is 2.63. The fourth-order valence-electron chi connectivity index (χ4n) is 2.80. The molecule has 1 amide bonds. The maximum absolute atomic E-state index is 12.3. The monoisotopic (exact) mass is 300 g/mol. The van der Waals surface area contributed by atoms with Gasteiger partial charge in [0.15, 0.2) is 0 Å². The molecule has 3 saturated heterocycles. The third-order valence-electron chi connectivity index (χ3n) is 3.80. The molecule has 0 spiro atoms. The quantitative estimate of drug-likeness (QED) is 0.546. The number of carbonyl (C=O) groups is 3. The molecule has 0 aromatic rings. The summed E-state index contributed by atoms with van der Waals surface area (Å²) in [5.74, 6) is -1.15. The molecule has 0 bridgehead atoms. The van der Waals surface area contributed by atoms with E-state index < -0.39 is 29.1 Å². The normalized spacial score (nSPS) is 38.2. The van der Waals surface area contributed by atoms with Gasteiger partial charge in [0, 0.05) is 11.2 Å². The van der Waals surface area contributed by atoms with Crippen LogP contribution in [-0.4, -0.2) is 51.2 Å². The molecule has 3 aliphatic rings. The molecule has 8 heteroatoms. The molecule has 3 fully saturated rings. The van der Waals surface area contributed by atoms with Gasteiger partial charge in [-0.3, -0.25) is 9.59 Å². The molecule has 0 aliphatic carbocycles. The molecule has 20 heavy (non-hydrogen) atoms. The highest BCUT2D eigenvalue weighted by Crippen LogP contribution is 2.50. The van der Waals surface area contributed by atoms with Crippen LogP contribution in [0.3, 0.4) is 0 Å². The Kier molecular flexibility index (Phi) is 2.98. The average molecular weight is 300 g/mol. The van der Waals surface area contributed by atoms with Crippen molar-refractivity contribution in [3.8, 4) is 0 Å². The molecular weight excluding hydrogens is 284 g/mol. The number of rotatable bonds is 2. The molecule has 7 nitrogen and oxygen atoms in total. The number of hydrogen-bond donors (Lipinski definition) is 1. The predicted molar refractivity (Wildman–Crippen MR) is 69.3 cm³/mol. The van der Waals surface area contributed by atoms with E-state index in [1.54, 1.807) is 0 Å². The predicted octanol–water partition coefficient (Wildman–Crippen LogP) is -0.418. The number of hydrogen-bond acceptors (Lipinski definition) is 7. The van der Waals surface area contributed by atoms with Gasteiger partial charge in [0.2, 0.25) is 12.2 Å². The van der Waals surface area contributed by atoms with Gasteiger partial charge in [-0.1, -0.05) is 0 Å². The number of esters is 2. The number of carbonyl (C=O) groups excluding carboxylic acids is 3. The largest absolute Gasteiger partial charge is 0.425 e. The van der Waals surface area contributed by atoms with Gasteiger partial charge < -0.3 is 20.1 Å². The highest BCUT2D eigenvalue weighted by atomic mass is 32.2. The third-order valence-corrected chi connectivity index (χ3v) is 5.39. The van der Waals surface area contributed by atoms with Crippen molar-refractivity contribution in [1.82, 2.24) is 4.90 Å². The van der Waals surface area contributed by atoms with Crippen LogP contribution in [0.4, 0.5) is 0 Å². The highest BCUT2D eigenvalue weighted by molar-refractivity contribution is 8.01. The number of β-lactam (4-membered cyclic amide) rings is 1.